The molecule has 2 heterocycles. The number of amides is 1. The Balaban J connectivity index is 1.45. The smallest absolute Gasteiger partial charge is 0.251 e. The molecule has 1 saturated heterocycles. The van der Waals surface area contributed by atoms with Crippen molar-refractivity contribution in [3.63, 3.8) is 0 Å². The van der Waals surface area contributed by atoms with E-state index in [4.69, 9.17) is 4.42 Å². The molecule has 0 saturated carbocycles. The van der Waals surface area contributed by atoms with Crippen LogP contribution in [0, 0.1) is 0 Å². The monoisotopic (exact) mass is 405 g/mol. The first-order chi connectivity index (χ1) is 13.5. The summed E-state index contributed by atoms with van der Waals surface area (Å²) in [5.41, 5.74) is 0.447. The van der Waals surface area contributed by atoms with E-state index in [9.17, 15) is 13.2 Å². The number of hydrogen-bond acceptors (Lipinski definition) is 5. The molecule has 0 unspecified atom stereocenters. The Morgan fingerprint density at radius 3 is 2.50 bits per heavy atom. The average molecular weight is 406 g/mol. The van der Waals surface area contributed by atoms with Crippen molar-refractivity contribution in [3.05, 3.63) is 54.0 Å². The van der Waals surface area contributed by atoms with E-state index >= 15 is 0 Å². The van der Waals surface area contributed by atoms with Crippen LogP contribution in [0.1, 0.15) is 41.8 Å². The molecule has 1 aromatic carbocycles. The van der Waals surface area contributed by atoms with Gasteiger partial charge in [-0.05, 0) is 75.3 Å². The number of hydrogen-bond donors (Lipinski definition) is 2. The molecular formula is C20H27N3O4S. The number of piperidine rings is 1. The lowest BCUT2D eigenvalue weighted by Gasteiger charge is -2.26. The van der Waals surface area contributed by atoms with Crippen LogP contribution in [-0.4, -0.2) is 45.4 Å². The van der Waals surface area contributed by atoms with Crippen LogP contribution in [0.4, 0.5) is 0 Å². The van der Waals surface area contributed by atoms with Gasteiger partial charge in [0.25, 0.3) is 5.91 Å². The molecule has 0 aliphatic carbocycles. The van der Waals surface area contributed by atoms with Gasteiger partial charge in [0.2, 0.25) is 10.0 Å². The fourth-order valence-corrected chi connectivity index (χ4v) is 4.23. The molecule has 1 aromatic heterocycles. The Morgan fingerprint density at radius 1 is 1.07 bits per heavy atom. The minimum atomic E-state index is -3.66. The van der Waals surface area contributed by atoms with Gasteiger partial charge in [-0.25, -0.2) is 13.1 Å². The molecule has 7 nitrogen and oxygen atoms in total. The molecular weight excluding hydrogens is 378 g/mol. The van der Waals surface area contributed by atoms with Gasteiger partial charge in [0.15, 0.2) is 0 Å². The fourth-order valence-electron chi connectivity index (χ4n) is 3.24. The second-order valence-electron chi connectivity index (χ2n) is 6.94. The number of benzene rings is 1. The zero-order valence-corrected chi connectivity index (χ0v) is 16.7. The topological polar surface area (TPSA) is 91.7 Å². The van der Waals surface area contributed by atoms with Crippen LogP contribution in [0.5, 0.6) is 0 Å². The summed E-state index contributed by atoms with van der Waals surface area (Å²) < 4.78 is 32.2. The highest BCUT2D eigenvalue weighted by Gasteiger charge is 2.15. The summed E-state index contributed by atoms with van der Waals surface area (Å²) in [5, 5.41) is 2.90. The summed E-state index contributed by atoms with van der Waals surface area (Å²) in [6.45, 7) is 3.99. The van der Waals surface area contributed by atoms with Crippen LogP contribution in [0.2, 0.25) is 0 Å². The van der Waals surface area contributed by atoms with Crippen LogP contribution < -0.4 is 10.0 Å². The minimum Gasteiger partial charge on any atom is -0.468 e. The Bertz CT molecular complexity index is 842. The molecule has 1 fully saturated rings. The van der Waals surface area contributed by atoms with E-state index in [2.05, 4.69) is 14.9 Å². The van der Waals surface area contributed by atoms with Gasteiger partial charge >= 0.3 is 0 Å². The zero-order chi connectivity index (χ0) is 19.8. The van der Waals surface area contributed by atoms with Crippen LogP contribution >= 0.6 is 0 Å². The maximum absolute atomic E-state index is 12.3. The lowest BCUT2D eigenvalue weighted by atomic mass is 10.1. The number of nitrogens with zero attached hydrogens (tertiary/aromatic N) is 1. The Labute approximate surface area is 166 Å². The van der Waals surface area contributed by atoms with Gasteiger partial charge in [0, 0.05) is 12.1 Å². The van der Waals surface area contributed by atoms with Crippen molar-refractivity contribution in [1.29, 1.82) is 0 Å². The van der Waals surface area contributed by atoms with Gasteiger partial charge in [-0.3, -0.25) is 4.79 Å². The molecule has 2 aromatic rings. The number of nitrogens with one attached hydrogen (secondary N) is 2. The molecule has 28 heavy (non-hydrogen) atoms. The predicted molar refractivity (Wildman–Crippen MR) is 106 cm³/mol. The highest BCUT2D eigenvalue weighted by atomic mass is 32.2. The Hall–Kier alpha value is -2.16. The molecule has 0 bridgehead atoms. The van der Waals surface area contributed by atoms with Gasteiger partial charge in [0.05, 0.1) is 17.7 Å². The molecule has 2 N–H and O–H groups in total. The van der Waals surface area contributed by atoms with Crippen LogP contribution in [0.3, 0.4) is 0 Å². The average Bonchev–Trinajstić information content (AvgIpc) is 3.24. The van der Waals surface area contributed by atoms with E-state index < -0.39 is 10.0 Å². The number of furan rings is 1. The molecule has 1 amide bonds. The highest BCUT2D eigenvalue weighted by Crippen LogP contribution is 2.12. The van der Waals surface area contributed by atoms with Crippen LogP contribution in [-0.2, 0) is 16.6 Å². The van der Waals surface area contributed by atoms with Crippen molar-refractivity contribution in [2.24, 2.45) is 0 Å². The third-order valence-corrected chi connectivity index (χ3v) is 6.25. The van der Waals surface area contributed by atoms with Gasteiger partial charge in [-0.1, -0.05) is 6.42 Å². The number of rotatable bonds is 9. The molecule has 1 aliphatic heterocycles. The standard InChI is InChI=1S/C20H27N3O4S/c24-20(21-11-5-14-23-12-2-1-3-13-23)17-7-9-19(10-8-17)28(25,26)22-16-18-6-4-15-27-18/h4,6-10,15,22H,1-3,5,11-14,16H2,(H,21,24). The lowest BCUT2D eigenvalue weighted by molar-refractivity contribution is 0.0951. The molecule has 1 aliphatic rings. The molecule has 0 spiro atoms. The molecule has 0 atom stereocenters. The van der Waals surface area contributed by atoms with Crippen molar-refractivity contribution in [2.75, 3.05) is 26.2 Å². The number of sulfonamides is 1. The third kappa shape index (κ3) is 5.92. The minimum absolute atomic E-state index is 0.0780. The van der Waals surface area contributed by atoms with Crippen molar-refractivity contribution in [3.8, 4) is 0 Å². The maximum atomic E-state index is 12.3. The SMILES string of the molecule is O=C(NCCCN1CCCCC1)c1ccc(S(=O)(=O)NCc2ccco2)cc1. The molecule has 8 heteroatoms. The predicted octanol–water partition coefficient (Wildman–Crippen LogP) is 2.36. The number of carbonyl (C=O) groups is 1. The fraction of sp³-hybridized carbons (Fsp3) is 0.450. The van der Waals surface area contributed by atoms with E-state index in [0.29, 0.717) is 17.9 Å². The normalized spacial score (nSPS) is 15.4. The molecule has 3 rings (SSSR count). The highest BCUT2D eigenvalue weighted by molar-refractivity contribution is 7.89. The van der Waals surface area contributed by atoms with Gasteiger partial charge < -0.3 is 14.6 Å². The largest absolute Gasteiger partial charge is 0.468 e. The van der Waals surface area contributed by atoms with Crippen molar-refractivity contribution in [1.82, 2.24) is 14.9 Å². The second-order valence-corrected chi connectivity index (χ2v) is 8.71. The molecule has 0 radical (unpaired) electrons. The molecule has 152 valence electrons. The van der Waals surface area contributed by atoms with E-state index in [0.717, 1.165) is 26.1 Å². The lowest BCUT2D eigenvalue weighted by Crippen LogP contribution is -2.33. The van der Waals surface area contributed by atoms with Crippen LogP contribution in [0.15, 0.2) is 52.0 Å². The van der Waals surface area contributed by atoms with E-state index in [-0.39, 0.29) is 17.3 Å². The van der Waals surface area contributed by atoms with Gasteiger partial charge in [-0.2, -0.15) is 0 Å². The van der Waals surface area contributed by atoms with Crippen molar-refractivity contribution >= 4 is 15.9 Å². The second kappa shape index (κ2) is 9.86. The van der Waals surface area contributed by atoms with E-state index in [1.807, 2.05) is 0 Å². The Morgan fingerprint density at radius 2 is 1.82 bits per heavy atom. The summed E-state index contributed by atoms with van der Waals surface area (Å²) >= 11 is 0. The summed E-state index contributed by atoms with van der Waals surface area (Å²) in [4.78, 5) is 14.8. The first-order valence-electron chi connectivity index (χ1n) is 9.67. The van der Waals surface area contributed by atoms with E-state index in [1.165, 1.54) is 49.8 Å². The first kappa shape index (κ1) is 20.6. The van der Waals surface area contributed by atoms with E-state index in [1.54, 1.807) is 12.1 Å². The summed E-state index contributed by atoms with van der Waals surface area (Å²) in [6.07, 6.45) is 6.24. The summed E-state index contributed by atoms with van der Waals surface area (Å²) in [6, 6.07) is 9.33. The Kier molecular flexibility index (Phi) is 7.24. The van der Waals surface area contributed by atoms with Crippen molar-refractivity contribution < 1.29 is 17.6 Å². The number of likely N-dealkylation sites (tertiary alicyclic amines) is 1. The number of carbonyl (C=O) groups excluding carboxylic acids is 1. The zero-order valence-electron chi connectivity index (χ0n) is 15.9. The van der Waals surface area contributed by atoms with Gasteiger partial charge in [0.1, 0.15) is 5.76 Å². The van der Waals surface area contributed by atoms with Gasteiger partial charge in [-0.15, -0.1) is 0 Å². The summed E-state index contributed by atoms with van der Waals surface area (Å²) in [7, 11) is -3.66. The van der Waals surface area contributed by atoms with Crippen molar-refractivity contribution in [2.45, 2.75) is 37.1 Å². The quantitative estimate of drug-likeness (QED) is 0.625. The van der Waals surface area contributed by atoms with Crippen LogP contribution in [0.25, 0.3) is 0 Å². The third-order valence-electron chi connectivity index (χ3n) is 4.83. The first-order valence-corrected chi connectivity index (χ1v) is 11.2. The maximum Gasteiger partial charge on any atom is 0.251 e. The summed E-state index contributed by atoms with van der Waals surface area (Å²) in [5.74, 6) is 0.343.